The lowest BCUT2D eigenvalue weighted by atomic mass is 9.95. The van der Waals surface area contributed by atoms with Crippen LogP contribution in [0.4, 0.5) is 5.82 Å². The highest BCUT2D eigenvalue weighted by atomic mass is 79.9. The summed E-state index contributed by atoms with van der Waals surface area (Å²) in [5, 5.41) is 2.77. The molecule has 0 unspecified atom stereocenters. The molecule has 1 N–H and O–H groups in total. The van der Waals surface area contributed by atoms with Gasteiger partial charge in [-0.25, -0.2) is 4.98 Å². The number of nitrogens with zero attached hydrogens (tertiary/aromatic N) is 3. The number of methoxy groups -OCH3 is 3. The van der Waals surface area contributed by atoms with E-state index in [2.05, 4.69) is 36.1 Å². The molecule has 192 valence electrons. The monoisotopic (exact) mass is 566 g/mol. The minimum Gasteiger partial charge on any atom is -0.493 e. The number of aromatic nitrogens is 1. The molecule has 0 spiro atoms. The van der Waals surface area contributed by atoms with Gasteiger partial charge in [0.05, 0.1) is 33.4 Å². The van der Waals surface area contributed by atoms with Crippen molar-refractivity contribution in [3.63, 3.8) is 0 Å². The number of ether oxygens (including phenoxy) is 3. The molecule has 2 heterocycles. The summed E-state index contributed by atoms with van der Waals surface area (Å²) < 4.78 is 17.4. The molecule has 9 nitrogen and oxygen atoms in total. The standard InChI is InChI=1S/C27H27BrN4O5/c1-32-12-11-29-26(32)17-7-5-16(6-8-17)21(33)13-19-20(14-22(35-2)25(37-4)24(19)36-3)27(34)31-23-10-9-18(28)15-30-23/h5-10,14-15H,11-13H2,1-4H3,(H,30,31,34). The Morgan fingerprint density at radius 1 is 1.03 bits per heavy atom. The Hall–Kier alpha value is -3.92. The number of benzene rings is 2. The van der Waals surface area contributed by atoms with E-state index in [9.17, 15) is 9.59 Å². The molecule has 1 aliphatic heterocycles. The summed E-state index contributed by atoms with van der Waals surface area (Å²) in [6, 6.07) is 12.3. The Morgan fingerprint density at radius 2 is 1.76 bits per heavy atom. The van der Waals surface area contributed by atoms with E-state index in [-0.39, 0.29) is 23.5 Å². The highest BCUT2D eigenvalue weighted by molar-refractivity contribution is 9.10. The summed E-state index contributed by atoms with van der Waals surface area (Å²) in [4.78, 5) is 37.5. The van der Waals surface area contributed by atoms with Gasteiger partial charge in [-0.05, 0) is 34.1 Å². The van der Waals surface area contributed by atoms with Crippen LogP contribution >= 0.6 is 15.9 Å². The molecule has 0 saturated heterocycles. The second kappa shape index (κ2) is 11.4. The predicted molar refractivity (Wildman–Crippen MR) is 144 cm³/mol. The highest BCUT2D eigenvalue weighted by Crippen LogP contribution is 2.42. The van der Waals surface area contributed by atoms with E-state index in [0.717, 1.165) is 29.0 Å². The van der Waals surface area contributed by atoms with E-state index < -0.39 is 5.91 Å². The number of carbonyl (C=O) groups excluding carboxylic acids is 2. The maximum Gasteiger partial charge on any atom is 0.257 e. The first-order chi connectivity index (χ1) is 17.9. The SMILES string of the molecule is COc1cc(C(=O)Nc2ccc(Br)cn2)c(CC(=O)c2ccc(C3=NCCN3C)cc2)c(OC)c1OC. The lowest BCUT2D eigenvalue weighted by Crippen LogP contribution is -2.23. The number of carbonyl (C=O) groups is 2. The van der Waals surface area contributed by atoms with Crippen molar-refractivity contribution in [2.24, 2.45) is 4.99 Å². The van der Waals surface area contributed by atoms with Gasteiger partial charge in [0, 0.05) is 47.4 Å². The minimum atomic E-state index is -0.463. The number of Topliss-reactive ketones (excluding diaryl/α,β-unsaturated/α-hetero) is 1. The lowest BCUT2D eigenvalue weighted by Gasteiger charge is -2.19. The summed E-state index contributed by atoms with van der Waals surface area (Å²) in [7, 11) is 6.38. The second-order valence-electron chi connectivity index (χ2n) is 8.29. The topological polar surface area (TPSA) is 102 Å². The largest absolute Gasteiger partial charge is 0.493 e. The van der Waals surface area contributed by atoms with Crippen LogP contribution in [0.25, 0.3) is 0 Å². The molecule has 0 radical (unpaired) electrons. The lowest BCUT2D eigenvalue weighted by molar-refractivity contribution is 0.0991. The molecule has 0 saturated carbocycles. The van der Waals surface area contributed by atoms with Crippen molar-refractivity contribution in [1.29, 1.82) is 0 Å². The van der Waals surface area contributed by atoms with Crippen molar-refractivity contribution >= 4 is 39.3 Å². The van der Waals surface area contributed by atoms with Crippen molar-refractivity contribution in [2.45, 2.75) is 6.42 Å². The summed E-state index contributed by atoms with van der Waals surface area (Å²) >= 11 is 3.33. The van der Waals surface area contributed by atoms with Gasteiger partial charge in [0.25, 0.3) is 5.91 Å². The summed E-state index contributed by atoms with van der Waals surface area (Å²) in [5.41, 5.74) is 2.04. The molecule has 0 aliphatic carbocycles. The number of likely N-dealkylation sites (N-methyl/N-ethyl adjacent to an activating group) is 1. The smallest absolute Gasteiger partial charge is 0.257 e. The van der Waals surface area contributed by atoms with E-state index >= 15 is 0 Å². The molecule has 1 aliphatic rings. The molecule has 0 fully saturated rings. The van der Waals surface area contributed by atoms with Gasteiger partial charge >= 0.3 is 0 Å². The Balaban J connectivity index is 1.69. The number of hydrogen-bond acceptors (Lipinski definition) is 8. The average molecular weight is 567 g/mol. The van der Waals surface area contributed by atoms with Crippen LogP contribution in [-0.2, 0) is 6.42 Å². The fraction of sp³-hybridized carbons (Fsp3) is 0.259. The Morgan fingerprint density at radius 3 is 2.32 bits per heavy atom. The zero-order valence-electron chi connectivity index (χ0n) is 21.0. The fourth-order valence-electron chi connectivity index (χ4n) is 4.14. The maximum absolute atomic E-state index is 13.4. The number of rotatable bonds is 9. The number of nitrogens with one attached hydrogen (secondary N) is 1. The minimum absolute atomic E-state index is 0.0970. The highest BCUT2D eigenvalue weighted by Gasteiger charge is 2.26. The Labute approximate surface area is 223 Å². The van der Waals surface area contributed by atoms with Gasteiger partial charge < -0.3 is 24.4 Å². The van der Waals surface area contributed by atoms with E-state index in [4.69, 9.17) is 14.2 Å². The Bertz CT molecular complexity index is 1340. The van der Waals surface area contributed by atoms with Gasteiger partial charge in [-0.2, -0.15) is 0 Å². The van der Waals surface area contributed by atoms with Crippen LogP contribution in [0.3, 0.4) is 0 Å². The van der Waals surface area contributed by atoms with E-state index in [1.54, 1.807) is 30.5 Å². The molecule has 2 aromatic carbocycles. The van der Waals surface area contributed by atoms with Crippen LogP contribution in [0.1, 0.15) is 31.8 Å². The first kappa shape index (κ1) is 26.2. The second-order valence-corrected chi connectivity index (χ2v) is 9.21. The summed E-state index contributed by atoms with van der Waals surface area (Å²) in [6.45, 7) is 1.63. The van der Waals surface area contributed by atoms with E-state index in [1.165, 1.54) is 27.4 Å². The van der Waals surface area contributed by atoms with Gasteiger partial charge in [-0.1, -0.05) is 24.3 Å². The van der Waals surface area contributed by atoms with Crippen LogP contribution in [0.5, 0.6) is 17.2 Å². The quantitative estimate of drug-likeness (QED) is 0.386. The molecule has 37 heavy (non-hydrogen) atoms. The van der Waals surface area contributed by atoms with Crippen molar-refractivity contribution in [3.8, 4) is 17.2 Å². The van der Waals surface area contributed by atoms with E-state index in [0.29, 0.717) is 28.4 Å². The van der Waals surface area contributed by atoms with Gasteiger partial charge in [0.15, 0.2) is 17.3 Å². The first-order valence-electron chi connectivity index (χ1n) is 11.5. The normalized spacial score (nSPS) is 12.7. The Kier molecular flexibility index (Phi) is 8.08. The molecule has 1 aromatic heterocycles. The van der Waals surface area contributed by atoms with Crippen LogP contribution in [0, 0.1) is 0 Å². The van der Waals surface area contributed by atoms with Gasteiger partial charge in [0.1, 0.15) is 11.7 Å². The number of aliphatic imine (C=N–C) groups is 1. The molecule has 10 heteroatoms. The zero-order valence-corrected chi connectivity index (χ0v) is 22.6. The molecule has 0 bridgehead atoms. The zero-order chi connectivity index (χ0) is 26.5. The third kappa shape index (κ3) is 5.59. The number of ketones is 1. The first-order valence-corrected chi connectivity index (χ1v) is 12.3. The van der Waals surface area contributed by atoms with Crippen molar-refractivity contribution in [2.75, 3.05) is 46.8 Å². The van der Waals surface area contributed by atoms with Crippen molar-refractivity contribution < 1.29 is 23.8 Å². The number of pyridine rings is 1. The van der Waals surface area contributed by atoms with Crippen LogP contribution in [-0.4, -0.2) is 68.9 Å². The molecular weight excluding hydrogens is 540 g/mol. The van der Waals surface area contributed by atoms with Crippen molar-refractivity contribution in [3.05, 3.63) is 75.4 Å². The summed E-state index contributed by atoms with van der Waals surface area (Å²) in [6.07, 6.45) is 1.48. The summed E-state index contributed by atoms with van der Waals surface area (Å²) in [5.74, 6) is 1.46. The van der Waals surface area contributed by atoms with Gasteiger partial charge in [-0.3, -0.25) is 14.6 Å². The number of amidine groups is 1. The fourth-order valence-corrected chi connectivity index (χ4v) is 4.37. The number of anilines is 1. The molecule has 1 amide bonds. The number of hydrogen-bond donors (Lipinski definition) is 1. The van der Waals surface area contributed by atoms with Gasteiger partial charge in [0.2, 0.25) is 5.75 Å². The van der Waals surface area contributed by atoms with Crippen LogP contribution in [0.2, 0.25) is 0 Å². The van der Waals surface area contributed by atoms with Crippen molar-refractivity contribution in [1.82, 2.24) is 9.88 Å². The maximum atomic E-state index is 13.4. The van der Waals surface area contributed by atoms with Crippen LogP contribution < -0.4 is 19.5 Å². The third-order valence-corrected chi connectivity index (χ3v) is 6.48. The predicted octanol–water partition coefficient (Wildman–Crippen LogP) is 4.24. The van der Waals surface area contributed by atoms with E-state index in [1.807, 2.05) is 19.2 Å². The number of halogens is 1. The molecule has 3 aromatic rings. The number of amides is 1. The van der Waals surface area contributed by atoms with Gasteiger partial charge in [-0.15, -0.1) is 0 Å². The third-order valence-electron chi connectivity index (χ3n) is 6.01. The molecule has 0 atom stereocenters. The van der Waals surface area contributed by atoms with Crippen LogP contribution in [0.15, 0.2) is 58.1 Å². The molecular formula is C27H27BrN4O5. The average Bonchev–Trinajstić information content (AvgIpc) is 3.35. The molecule has 4 rings (SSSR count).